The summed E-state index contributed by atoms with van der Waals surface area (Å²) in [4.78, 5) is 19.4. The van der Waals surface area contributed by atoms with Crippen molar-refractivity contribution in [2.24, 2.45) is 0 Å². The van der Waals surface area contributed by atoms with Crippen LogP contribution in [0.1, 0.15) is 27.4 Å². The molecule has 3 rings (SSSR count). The van der Waals surface area contributed by atoms with Gasteiger partial charge in [0.1, 0.15) is 23.8 Å². The van der Waals surface area contributed by atoms with Crippen molar-refractivity contribution in [3.8, 4) is 16.5 Å². The van der Waals surface area contributed by atoms with Crippen molar-refractivity contribution < 1.29 is 13.9 Å². The summed E-state index contributed by atoms with van der Waals surface area (Å²) in [6, 6.07) is 9.25. The van der Waals surface area contributed by atoms with E-state index in [1.807, 2.05) is 37.4 Å². The third kappa shape index (κ3) is 3.58. The molecule has 0 aliphatic rings. The molecule has 0 saturated carbocycles. The highest BCUT2D eigenvalue weighted by atomic mass is 32.1. The smallest absolute Gasteiger partial charge is 0.257 e. The standard InChI is InChI=1S/C19H20N2O3S/c1-12-9-10-25-17(12)18-20-15(13(2)24-18)11-23-16-8-6-5-7-14(16)19(22)21(3)4/h5-10H,11H2,1-4H3. The van der Waals surface area contributed by atoms with E-state index in [9.17, 15) is 4.79 Å². The van der Waals surface area contributed by atoms with E-state index in [-0.39, 0.29) is 12.5 Å². The molecule has 0 atom stereocenters. The van der Waals surface area contributed by atoms with Crippen LogP contribution in [0.15, 0.2) is 40.1 Å². The normalized spacial score (nSPS) is 10.7. The molecule has 0 saturated heterocycles. The summed E-state index contributed by atoms with van der Waals surface area (Å²) in [5.74, 6) is 1.78. The van der Waals surface area contributed by atoms with E-state index in [1.165, 1.54) is 4.90 Å². The first-order valence-corrected chi connectivity index (χ1v) is 8.79. The molecule has 3 aromatic rings. The number of aromatic nitrogens is 1. The van der Waals surface area contributed by atoms with Gasteiger partial charge in [-0.15, -0.1) is 11.3 Å². The van der Waals surface area contributed by atoms with Gasteiger partial charge in [0.15, 0.2) is 0 Å². The van der Waals surface area contributed by atoms with Gasteiger partial charge in [-0.2, -0.15) is 0 Å². The summed E-state index contributed by atoms with van der Waals surface area (Å²) in [6.45, 7) is 4.15. The zero-order valence-electron chi connectivity index (χ0n) is 14.7. The maximum atomic E-state index is 12.3. The molecule has 0 N–H and O–H groups in total. The Morgan fingerprint density at radius 2 is 2.00 bits per heavy atom. The van der Waals surface area contributed by atoms with Gasteiger partial charge in [-0.25, -0.2) is 4.98 Å². The van der Waals surface area contributed by atoms with Crippen LogP contribution in [0.4, 0.5) is 0 Å². The number of oxazole rings is 1. The summed E-state index contributed by atoms with van der Waals surface area (Å²) in [5, 5.41) is 2.02. The number of rotatable bonds is 5. The van der Waals surface area contributed by atoms with Crippen molar-refractivity contribution in [3.05, 3.63) is 58.3 Å². The van der Waals surface area contributed by atoms with Crippen molar-refractivity contribution in [2.75, 3.05) is 14.1 Å². The van der Waals surface area contributed by atoms with Crippen molar-refractivity contribution in [1.82, 2.24) is 9.88 Å². The summed E-state index contributed by atoms with van der Waals surface area (Å²) in [5.41, 5.74) is 2.40. The van der Waals surface area contributed by atoms with Crippen LogP contribution in [0, 0.1) is 13.8 Å². The lowest BCUT2D eigenvalue weighted by atomic mass is 10.2. The predicted octanol–water partition coefficient (Wildman–Crippen LogP) is 4.30. The number of hydrogen-bond donors (Lipinski definition) is 0. The molecular weight excluding hydrogens is 336 g/mol. The Hall–Kier alpha value is -2.60. The van der Waals surface area contributed by atoms with Gasteiger partial charge in [0.2, 0.25) is 5.89 Å². The van der Waals surface area contributed by atoms with Gasteiger partial charge in [-0.1, -0.05) is 12.1 Å². The summed E-state index contributed by atoms with van der Waals surface area (Å²) < 4.78 is 11.7. The molecule has 0 bridgehead atoms. The minimum absolute atomic E-state index is 0.0950. The SMILES string of the molecule is Cc1ccsc1-c1nc(COc2ccccc2C(=O)N(C)C)c(C)o1. The molecule has 2 heterocycles. The molecule has 0 aliphatic carbocycles. The Balaban J connectivity index is 1.80. The second-order valence-corrected chi connectivity index (χ2v) is 6.86. The molecule has 6 heteroatoms. The Labute approximate surface area is 150 Å². The third-order valence-electron chi connectivity index (χ3n) is 3.84. The number of ether oxygens (including phenoxy) is 1. The Kier molecular flexibility index (Phi) is 4.90. The van der Waals surface area contributed by atoms with Gasteiger partial charge >= 0.3 is 0 Å². The fraction of sp³-hybridized carbons (Fsp3) is 0.263. The van der Waals surface area contributed by atoms with Crippen LogP contribution in [0.5, 0.6) is 5.75 Å². The average Bonchev–Trinajstić information content (AvgIpc) is 3.18. The van der Waals surface area contributed by atoms with Crippen LogP contribution in [0.2, 0.25) is 0 Å². The van der Waals surface area contributed by atoms with Crippen LogP contribution in [0.25, 0.3) is 10.8 Å². The van der Waals surface area contributed by atoms with E-state index < -0.39 is 0 Å². The van der Waals surface area contributed by atoms with Gasteiger partial charge in [0, 0.05) is 14.1 Å². The average molecular weight is 356 g/mol. The third-order valence-corrected chi connectivity index (χ3v) is 4.84. The predicted molar refractivity (Wildman–Crippen MR) is 98.1 cm³/mol. The van der Waals surface area contributed by atoms with Crippen LogP contribution < -0.4 is 4.74 Å². The van der Waals surface area contributed by atoms with Gasteiger partial charge < -0.3 is 14.1 Å². The lowest BCUT2D eigenvalue weighted by Crippen LogP contribution is -2.22. The quantitative estimate of drug-likeness (QED) is 0.684. The summed E-state index contributed by atoms with van der Waals surface area (Å²) >= 11 is 1.60. The van der Waals surface area contributed by atoms with E-state index in [4.69, 9.17) is 9.15 Å². The molecule has 5 nitrogen and oxygen atoms in total. The zero-order valence-corrected chi connectivity index (χ0v) is 15.5. The second kappa shape index (κ2) is 7.11. The largest absolute Gasteiger partial charge is 0.486 e. The molecule has 130 valence electrons. The number of hydrogen-bond acceptors (Lipinski definition) is 5. The van der Waals surface area contributed by atoms with Crippen molar-refractivity contribution in [3.63, 3.8) is 0 Å². The maximum absolute atomic E-state index is 12.3. The highest BCUT2D eigenvalue weighted by molar-refractivity contribution is 7.13. The van der Waals surface area contributed by atoms with E-state index >= 15 is 0 Å². The van der Waals surface area contributed by atoms with Crippen molar-refractivity contribution in [1.29, 1.82) is 0 Å². The lowest BCUT2D eigenvalue weighted by molar-refractivity contribution is 0.0822. The molecule has 25 heavy (non-hydrogen) atoms. The maximum Gasteiger partial charge on any atom is 0.257 e. The monoisotopic (exact) mass is 356 g/mol. The van der Waals surface area contributed by atoms with E-state index in [0.29, 0.717) is 17.2 Å². The number of amides is 1. The molecule has 1 amide bonds. The molecule has 2 aromatic heterocycles. The Bertz CT molecular complexity index is 896. The van der Waals surface area contributed by atoms with Gasteiger partial charge in [0.25, 0.3) is 5.91 Å². The molecule has 1 aromatic carbocycles. The molecule has 0 radical (unpaired) electrons. The highest BCUT2D eigenvalue weighted by Gasteiger charge is 2.17. The van der Waals surface area contributed by atoms with Gasteiger partial charge in [0.05, 0.1) is 10.4 Å². The molecule has 0 aliphatic heterocycles. The second-order valence-electron chi connectivity index (χ2n) is 5.94. The number of benzene rings is 1. The van der Waals surface area contributed by atoms with Crippen molar-refractivity contribution in [2.45, 2.75) is 20.5 Å². The summed E-state index contributed by atoms with van der Waals surface area (Å²) in [7, 11) is 3.44. The minimum Gasteiger partial charge on any atom is -0.486 e. The molecule has 0 unspecified atom stereocenters. The van der Waals surface area contributed by atoms with Crippen LogP contribution >= 0.6 is 11.3 Å². The van der Waals surface area contributed by atoms with Crippen LogP contribution in [0.3, 0.4) is 0 Å². The number of thiophene rings is 1. The minimum atomic E-state index is -0.0950. The summed E-state index contributed by atoms with van der Waals surface area (Å²) in [6.07, 6.45) is 0. The lowest BCUT2D eigenvalue weighted by Gasteiger charge is -2.14. The first-order chi connectivity index (χ1) is 12.0. The van der Waals surface area contributed by atoms with Crippen molar-refractivity contribution >= 4 is 17.2 Å². The Morgan fingerprint density at radius 1 is 1.24 bits per heavy atom. The molecule has 0 spiro atoms. The highest BCUT2D eigenvalue weighted by Crippen LogP contribution is 2.30. The number of carbonyl (C=O) groups is 1. The Morgan fingerprint density at radius 3 is 2.68 bits per heavy atom. The first kappa shape index (κ1) is 17.2. The number of carbonyl (C=O) groups excluding carboxylic acids is 1. The number of nitrogens with zero attached hydrogens (tertiary/aromatic N) is 2. The topological polar surface area (TPSA) is 55.6 Å². The molecular formula is C19H20N2O3S. The fourth-order valence-corrected chi connectivity index (χ4v) is 3.26. The number of aryl methyl sites for hydroxylation is 2. The van der Waals surface area contributed by atoms with Crippen LogP contribution in [-0.2, 0) is 6.61 Å². The zero-order chi connectivity index (χ0) is 18.0. The van der Waals surface area contributed by atoms with Gasteiger partial charge in [-0.3, -0.25) is 4.79 Å². The van der Waals surface area contributed by atoms with E-state index in [2.05, 4.69) is 4.98 Å². The number of para-hydroxylation sites is 1. The van der Waals surface area contributed by atoms with Gasteiger partial charge in [-0.05, 0) is 43.0 Å². The van der Waals surface area contributed by atoms with E-state index in [1.54, 1.807) is 37.6 Å². The molecule has 0 fully saturated rings. The van der Waals surface area contributed by atoms with Crippen LogP contribution in [-0.4, -0.2) is 29.9 Å². The fourth-order valence-electron chi connectivity index (χ4n) is 2.41. The van der Waals surface area contributed by atoms with E-state index in [0.717, 1.165) is 21.9 Å². The first-order valence-electron chi connectivity index (χ1n) is 7.91.